The number of ether oxygens (including phenoxy) is 1. The van der Waals surface area contributed by atoms with Gasteiger partial charge in [-0.1, -0.05) is 17.7 Å². The molecule has 0 spiro atoms. The van der Waals surface area contributed by atoms with E-state index < -0.39 is 5.82 Å². The van der Waals surface area contributed by atoms with Crippen LogP contribution in [0.1, 0.15) is 0 Å². The molecule has 0 fully saturated rings. The van der Waals surface area contributed by atoms with Gasteiger partial charge in [0.2, 0.25) is 5.88 Å². The average molecular weight is 304 g/mol. The summed E-state index contributed by atoms with van der Waals surface area (Å²) in [6.45, 7) is 0. The molecule has 1 heterocycles. The van der Waals surface area contributed by atoms with Crippen LogP contribution in [0.15, 0.2) is 35.2 Å². The molecule has 0 atom stereocenters. The topological polar surface area (TPSA) is 35.0 Å². The predicted octanol–water partition coefficient (Wildman–Crippen LogP) is 3.82. The standard InChI is InChI=1S/C10H5BrClFN2O/c11-6-4-14-5-15-10(6)16-8-3-1-2-7(12)9(8)13/h1-5H. The van der Waals surface area contributed by atoms with Gasteiger partial charge in [0, 0.05) is 6.20 Å². The zero-order valence-corrected chi connectivity index (χ0v) is 10.2. The Bertz CT molecular complexity index is 524. The smallest absolute Gasteiger partial charge is 0.236 e. The van der Waals surface area contributed by atoms with Crippen LogP contribution < -0.4 is 4.74 Å². The van der Waals surface area contributed by atoms with Crippen molar-refractivity contribution in [1.82, 2.24) is 9.97 Å². The van der Waals surface area contributed by atoms with E-state index in [0.29, 0.717) is 4.47 Å². The Hall–Kier alpha value is -1.20. The molecular weight excluding hydrogens is 298 g/mol. The molecule has 0 amide bonds. The third-order valence-electron chi connectivity index (χ3n) is 1.76. The summed E-state index contributed by atoms with van der Waals surface area (Å²) in [5.41, 5.74) is 0. The molecular formula is C10H5BrClFN2O. The molecule has 16 heavy (non-hydrogen) atoms. The van der Waals surface area contributed by atoms with Crippen molar-refractivity contribution < 1.29 is 9.13 Å². The first-order valence-corrected chi connectivity index (χ1v) is 5.43. The van der Waals surface area contributed by atoms with Gasteiger partial charge in [-0.2, -0.15) is 0 Å². The van der Waals surface area contributed by atoms with Crippen LogP contribution in [0.3, 0.4) is 0 Å². The van der Waals surface area contributed by atoms with Gasteiger partial charge in [0.1, 0.15) is 6.33 Å². The summed E-state index contributed by atoms with van der Waals surface area (Å²) in [7, 11) is 0. The van der Waals surface area contributed by atoms with E-state index in [-0.39, 0.29) is 16.7 Å². The van der Waals surface area contributed by atoms with Crippen molar-refractivity contribution in [2.45, 2.75) is 0 Å². The lowest BCUT2D eigenvalue weighted by Gasteiger charge is -2.07. The van der Waals surface area contributed by atoms with Crippen molar-refractivity contribution >= 4 is 27.5 Å². The van der Waals surface area contributed by atoms with Crippen molar-refractivity contribution in [3.8, 4) is 11.6 Å². The van der Waals surface area contributed by atoms with Crippen LogP contribution in [0.5, 0.6) is 11.6 Å². The highest BCUT2D eigenvalue weighted by Gasteiger charge is 2.10. The molecule has 0 aliphatic rings. The van der Waals surface area contributed by atoms with Gasteiger partial charge in [0.05, 0.1) is 9.50 Å². The largest absolute Gasteiger partial charge is 0.435 e. The summed E-state index contributed by atoms with van der Waals surface area (Å²) >= 11 is 8.81. The average Bonchev–Trinajstić information content (AvgIpc) is 2.28. The third kappa shape index (κ3) is 2.31. The maximum absolute atomic E-state index is 13.5. The second kappa shape index (κ2) is 4.76. The second-order valence-electron chi connectivity index (χ2n) is 2.83. The second-order valence-corrected chi connectivity index (χ2v) is 4.09. The van der Waals surface area contributed by atoms with Gasteiger partial charge >= 0.3 is 0 Å². The fourth-order valence-electron chi connectivity index (χ4n) is 1.04. The molecule has 2 rings (SSSR count). The number of halogens is 3. The monoisotopic (exact) mass is 302 g/mol. The van der Waals surface area contributed by atoms with Gasteiger partial charge in [-0.05, 0) is 28.1 Å². The van der Waals surface area contributed by atoms with Gasteiger partial charge < -0.3 is 4.74 Å². The third-order valence-corrected chi connectivity index (χ3v) is 2.59. The summed E-state index contributed by atoms with van der Waals surface area (Å²) < 4.78 is 19.3. The van der Waals surface area contributed by atoms with Crippen LogP contribution in [0.4, 0.5) is 4.39 Å². The maximum Gasteiger partial charge on any atom is 0.236 e. The molecule has 82 valence electrons. The van der Waals surface area contributed by atoms with Crippen molar-refractivity contribution in [3.63, 3.8) is 0 Å². The molecule has 1 aromatic heterocycles. The molecule has 3 nitrogen and oxygen atoms in total. The normalized spacial score (nSPS) is 10.2. The summed E-state index contributed by atoms with van der Waals surface area (Å²) in [6.07, 6.45) is 2.81. The zero-order chi connectivity index (χ0) is 11.5. The lowest BCUT2D eigenvalue weighted by molar-refractivity contribution is 0.424. The number of hydrogen-bond donors (Lipinski definition) is 0. The first kappa shape index (κ1) is 11.3. The van der Waals surface area contributed by atoms with Gasteiger partial charge in [-0.15, -0.1) is 0 Å². The van der Waals surface area contributed by atoms with Crippen molar-refractivity contribution in [1.29, 1.82) is 0 Å². The Kier molecular flexibility index (Phi) is 3.36. The molecule has 0 radical (unpaired) electrons. The fraction of sp³-hybridized carbons (Fsp3) is 0. The summed E-state index contributed by atoms with van der Waals surface area (Å²) in [6, 6.07) is 4.50. The van der Waals surface area contributed by atoms with Crippen LogP contribution >= 0.6 is 27.5 Å². The van der Waals surface area contributed by atoms with Crippen molar-refractivity contribution in [2.75, 3.05) is 0 Å². The Morgan fingerprint density at radius 2 is 2.19 bits per heavy atom. The quantitative estimate of drug-likeness (QED) is 0.846. The van der Waals surface area contributed by atoms with E-state index in [1.807, 2.05) is 0 Å². The van der Waals surface area contributed by atoms with Crippen LogP contribution in [-0.2, 0) is 0 Å². The number of benzene rings is 1. The molecule has 6 heteroatoms. The molecule has 1 aromatic carbocycles. The van der Waals surface area contributed by atoms with Crippen LogP contribution in [0, 0.1) is 5.82 Å². The number of nitrogens with zero attached hydrogens (tertiary/aromatic N) is 2. The summed E-state index contributed by atoms with van der Waals surface area (Å²) in [5.74, 6) is -0.363. The molecule has 2 aromatic rings. The first-order chi connectivity index (χ1) is 7.68. The van der Waals surface area contributed by atoms with E-state index in [1.54, 1.807) is 6.07 Å². The summed E-state index contributed by atoms with van der Waals surface area (Å²) in [4.78, 5) is 7.62. The minimum absolute atomic E-state index is 0.00248. The Morgan fingerprint density at radius 3 is 2.94 bits per heavy atom. The van der Waals surface area contributed by atoms with Crippen LogP contribution in [0.25, 0.3) is 0 Å². The number of rotatable bonds is 2. The molecule has 0 N–H and O–H groups in total. The van der Waals surface area contributed by atoms with Gasteiger partial charge in [-0.3, -0.25) is 0 Å². The predicted molar refractivity (Wildman–Crippen MR) is 61.2 cm³/mol. The number of aromatic nitrogens is 2. The zero-order valence-electron chi connectivity index (χ0n) is 7.82. The highest BCUT2D eigenvalue weighted by Crippen LogP contribution is 2.30. The Morgan fingerprint density at radius 1 is 1.38 bits per heavy atom. The summed E-state index contributed by atoms with van der Waals surface area (Å²) in [5, 5.41) is 0.00248. The van der Waals surface area contributed by atoms with E-state index in [4.69, 9.17) is 16.3 Å². The van der Waals surface area contributed by atoms with E-state index in [0.717, 1.165) is 0 Å². The van der Waals surface area contributed by atoms with Crippen molar-refractivity contribution in [3.05, 3.63) is 46.0 Å². The molecule has 0 unspecified atom stereocenters. The molecule has 0 bridgehead atoms. The lowest BCUT2D eigenvalue weighted by Crippen LogP contribution is -1.92. The molecule has 0 aliphatic heterocycles. The molecule has 0 saturated carbocycles. The Balaban J connectivity index is 2.35. The first-order valence-electron chi connectivity index (χ1n) is 4.26. The van der Waals surface area contributed by atoms with E-state index >= 15 is 0 Å². The molecule has 0 saturated heterocycles. The highest BCUT2D eigenvalue weighted by atomic mass is 79.9. The van der Waals surface area contributed by atoms with E-state index in [2.05, 4.69) is 25.9 Å². The van der Waals surface area contributed by atoms with E-state index in [1.165, 1.54) is 24.7 Å². The van der Waals surface area contributed by atoms with Gasteiger partial charge in [0.25, 0.3) is 0 Å². The maximum atomic E-state index is 13.5. The fourth-order valence-corrected chi connectivity index (χ4v) is 1.51. The van der Waals surface area contributed by atoms with Crippen LogP contribution in [-0.4, -0.2) is 9.97 Å². The highest BCUT2D eigenvalue weighted by molar-refractivity contribution is 9.10. The SMILES string of the molecule is Fc1c(Cl)cccc1Oc1ncncc1Br. The van der Waals surface area contributed by atoms with E-state index in [9.17, 15) is 4.39 Å². The minimum atomic E-state index is -0.616. The van der Waals surface area contributed by atoms with Crippen LogP contribution in [0.2, 0.25) is 5.02 Å². The van der Waals surface area contributed by atoms with Crippen molar-refractivity contribution in [2.24, 2.45) is 0 Å². The van der Waals surface area contributed by atoms with Gasteiger partial charge in [-0.25, -0.2) is 14.4 Å². The van der Waals surface area contributed by atoms with Gasteiger partial charge in [0.15, 0.2) is 11.6 Å². The minimum Gasteiger partial charge on any atom is -0.435 e. The molecule has 0 aliphatic carbocycles. The lowest BCUT2D eigenvalue weighted by atomic mass is 10.3. The Labute approximate surface area is 104 Å². The number of hydrogen-bond acceptors (Lipinski definition) is 3.